The molecule has 3 saturated carbocycles. The predicted molar refractivity (Wildman–Crippen MR) is 122 cm³/mol. The van der Waals surface area contributed by atoms with E-state index in [0.29, 0.717) is 5.41 Å². The fourth-order valence-electron chi connectivity index (χ4n) is 7.35. The Balaban J connectivity index is 0.000000817. The average Bonchev–Trinajstić information content (AvgIpc) is 3.00. The van der Waals surface area contributed by atoms with Gasteiger partial charge in [-0.05, 0) is 80.5 Å². The number of rotatable bonds is 6. The molecule has 3 rings (SSSR count). The van der Waals surface area contributed by atoms with Crippen molar-refractivity contribution in [2.24, 2.45) is 35.0 Å². The van der Waals surface area contributed by atoms with Crippen molar-refractivity contribution >= 4 is 0 Å². The SMILES string of the molecule is C/C=C1/CCC2C3CCC(CCCCC)C(CCC)C3CCC12C.CCC. The number of allylic oxidation sites excluding steroid dienone is 2. The molecule has 0 aromatic rings. The van der Waals surface area contributed by atoms with Crippen LogP contribution in [0.5, 0.6) is 0 Å². The lowest BCUT2D eigenvalue weighted by Gasteiger charge is -2.54. The molecule has 6 atom stereocenters. The Morgan fingerprint density at radius 2 is 1.63 bits per heavy atom. The van der Waals surface area contributed by atoms with Crippen LogP contribution in [0.3, 0.4) is 0 Å². The molecule has 0 aromatic heterocycles. The molecule has 0 bridgehead atoms. The molecular formula is C27H50. The van der Waals surface area contributed by atoms with E-state index in [1.807, 2.05) is 5.57 Å². The van der Waals surface area contributed by atoms with Crippen molar-refractivity contribution in [3.63, 3.8) is 0 Å². The van der Waals surface area contributed by atoms with Gasteiger partial charge in [-0.3, -0.25) is 0 Å². The smallest absolute Gasteiger partial charge is 0.00853 e. The summed E-state index contributed by atoms with van der Waals surface area (Å²) in [5, 5.41) is 0. The number of fused-ring (bicyclic) bond motifs is 3. The van der Waals surface area contributed by atoms with Gasteiger partial charge in [-0.1, -0.05) is 91.2 Å². The molecule has 0 heteroatoms. The van der Waals surface area contributed by atoms with Crippen LogP contribution in [0.4, 0.5) is 0 Å². The Morgan fingerprint density at radius 1 is 0.889 bits per heavy atom. The van der Waals surface area contributed by atoms with Crippen LogP contribution < -0.4 is 0 Å². The Morgan fingerprint density at radius 3 is 2.26 bits per heavy atom. The zero-order valence-electron chi connectivity index (χ0n) is 19.7. The summed E-state index contributed by atoms with van der Waals surface area (Å²) in [6.07, 6.45) is 21.5. The summed E-state index contributed by atoms with van der Waals surface area (Å²) in [6.45, 7) is 13.9. The van der Waals surface area contributed by atoms with Crippen LogP contribution in [0, 0.1) is 35.0 Å². The fourth-order valence-corrected chi connectivity index (χ4v) is 7.35. The summed E-state index contributed by atoms with van der Waals surface area (Å²) in [4.78, 5) is 0. The first kappa shape index (κ1) is 23.0. The highest BCUT2D eigenvalue weighted by Crippen LogP contribution is 2.63. The van der Waals surface area contributed by atoms with Crippen molar-refractivity contribution in [3.8, 4) is 0 Å². The van der Waals surface area contributed by atoms with E-state index in [2.05, 4.69) is 47.6 Å². The molecule has 0 spiro atoms. The highest BCUT2D eigenvalue weighted by atomic mass is 14.6. The summed E-state index contributed by atoms with van der Waals surface area (Å²) in [7, 11) is 0. The van der Waals surface area contributed by atoms with Gasteiger partial charge in [0, 0.05) is 0 Å². The minimum Gasteiger partial charge on any atom is -0.0879 e. The predicted octanol–water partition coefficient (Wildman–Crippen LogP) is 9.20. The first-order chi connectivity index (χ1) is 13.1. The molecule has 3 fully saturated rings. The van der Waals surface area contributed by atoms with E-state index in [1.54, 1.807) is 12.8 Å². The first-order valence-electron chi connectivity index (χ1n) is 12.7. The Kier molecular flexibility index (Phi) is 9.43. The van der Waals surface area contributed by atoms with Gasteiger partial charge in [0.1, 0.15) is 0 Å². The topological polar surface area (TPSA) is 0 Å². The van der Waals surface area contributed by atoms with Crippen LogP contribution in [-0.2, 0) is 0 Å². The maximum atomic E-state index is 2.62. The van der Waals surface area contributed by atoms with E-state index >= 15 is 0 Å². The van der Waals surface area contributed by atoms with Gasteiger partial charge in [-0.2, -0.15) is 0 Å². The van der Waals surface area contributed by atoms with E-state index in [9.17, 15) is 0 Å². The van der Waals surface area contributed by atoms with Crippen LogP contribution in [0.1, 0.15) is 125 Å². The standard InChI is InChI=1S/C24H42.C3H8/c1-5-8-9-11-18-12-14-22-21(20(18)10-6-2)16-17-24(4)19(7-3)13-15-23(22)24;1-3-2/h7,18,20-23H,5-6,8-17H2,1-4H3;3H2,1-2H3/b19-7-;. The molecule has 0 N–H and O–H groups in total. The van der Waals surface area contributed by atoms with E-state index in [1.165, 1.54) is 70.6 Å². The van der Waals surface area contributed by atoms with Gasteiger partial charge in [0.2, 0.25) is 0 Å². The minimum absolute atomic E-state index is 0.571. The number of hydrogen-bond acceptors (Lipinski definition) is 0. The molecule has 0 aromatic carbocycles. The zero-order valence-corrected chi connectivity index (χ0v) is 19.7. The van der Waals surface area contributed by atoms with Gasteiger partial charge in [0.05, 0.1) is 0 Å². The lowest BCUT2D eigenvalue weighted by Crippen LogP contribution is -2.46. The van der Waals surface area contributed by atoms with Crippen molar-refractivity contribution in [1.29, 1.82) is 0 Å². The molecule has 0 nitrogen and oxygen atoms in total. The third kappa shape index (κ3) is 5.02. The maximum absolute atomic E-state index is 2.62. The molecule has 0 heterocycles. The van der Waals surface area contributed by atoms with E-state index in [4.69, 9.17) is 0 Å². The number of hydrogen-bond donors (Lipinski definition) is 0. The van der Waals surface area contributed by atoms with Gasteiger partial charge < -0.3 is 0 Å². The lowest BCUT2D eigenvalue weighted by molar-refractivity contribution is -0.0321. The van der Waals surface area contributed by atoms with Crippen molar-refractivity contribution in [2.75, 3.05) is 0 Å². The third-order valence-electron chi connectivity index (χ3n) is 8.52. The Labute approximate surface area is 172 Å². The van der Waals surface area contributed by atoms with Gasteiger partial charge in [-0.15, -0.1) is 0 Å². The molecule has 158 valence electrons. The summed E-state index contributed by atoms with van der Waals surface area (Å²) >= 11 is 0. The minimum atomic E-state index is 0.571. The highest BCUT2D eigenvalue weighted by molar-refractivity contribution is 5.22. The van der Waals surface area contributed by atoms with E-state index in [0.717, 1.165) is 29.6 Å². The van der Waals surface area contributed by atoms with Gasteiger partial charge >= 0.3 is 0 Å². The second kappa shape index (κ2) is 11.1. The average molecular weight is 375 g/mol. The molecule has 6 unspecified atom stereocenters. The Bertz CT molecular complexity index is 447. The van der Waals surface area contributed by atoms with Crippen molar-refractivity contribution in [1.82, 2.24) is 0 Å². The van der Waals surface area contributed by atoms with Crippen molar-refractivity contribution < 1.29 is 0 Å². The summed E-state index contributed by atoms with van der Waals surface area (Å²) in [5.41, 5.74) is 2.38. The number of unbranched alkanes of at least 4 members (excludes halogenated alkanes) is 2. The van der Waals surface area contributed by atoms with Crippen LogP contribution >= 0.6 is 0 Å². The van der Waals surface area contributed by atoms with Gasteiger partial charge in [0.25, 0.3) is 0 Å². The third-order valence-corrected chi connectivity index (χ3v) is 8.52. The molecule has 3 aliphatic rings. The van der Waals surface area contributed by atoms with Crippen LogP contribution in [0.15, 0.2) is 11.6 Å². The largest absolute Gasteiger partial charge is 0.0879 e. The van der Waals surface area contributed by atoms with Crippen LogP contribution in [-0.4, -0.2) is 0 Å². The molecule has 27 heavy (non-hydrogen) atoms. The van der Waals surface area contributed by atoms with E-state index < -0.39 is 0 Å². The normalized spacial score (nSPS) is 39.5. The molecule has 0 amide bonds. The molecule has 0 saturated heterocycles. The van der Waals surface area contributed by atoms with Crippen LogP contribution in [0.2, 0.25) is 0 Å². The Hall–Kier alpha value is -0.260. The first-order valence-corrected chi connectivity index (χ1v) is 12.7. The lowest BCUT2D eigenvalue weighted by atomic mass is 9.51. The van der Waals surface area contributed by atoms with Gasteiger partial charge in [0.15, 0.2) is 0 Å². The second-order valence-corrected chi connectivity index (χ2v) is 10.2. The van der Waals surface area contributed by atoms with Crippen molar-refractivity contribution in [3.05, 3.63) is 11.6 Å². The van der Waals surface area contributed by atoms with Crippen molar-refractivity contribution in [2.45, 2.75) is 125 Å². The maximum Gasteiger partial charge on any atom is -0.00853 e. The quantitative estimate of drug-likeness (QED) is 0.321. The highest BCUT2D eigenvalue weighted by Gasteiger charge is 2.54. The monoisotopic (exact) mass is 374 g/mol. The molecule has 0 radical (unpaired) electrons. The summed E-state index contributed by atoms with van der Waals surface area (Å²) < 4.78 is 0. The van der Waals surface area contributed by atoms with Crippen LogP contribution in [0.25, 0.3) is 0 Å². The summed E-state index contributed by atoms with van der Waals surface area (Å²) in [6, 6.07) is 0. The fraction of sp³-hybridized carbons (Fsp3) is 0.926. The zero-order chi connectivity index (χ0) is 19.9. The second-order valence-electron chi connectivity index (χ2n) is 10.2. The van der Waals surface area contributed by atoms with E-state index in [-0.39, 0.29) is 0 Å². The summed E-state index contributed by atoms with van der Waals surface area (Å²) in [5.74, 6) is 5.26. The molecular weight excluding hydrogens is 324 g/mol. The van der Waals surface area contributed by atoms with Gasteiger partial charge in [-0.25, -0.2) is 0 Å². The molecule has 0 aliphatic heterocycles. The molecule has 3 aliphatic carbocycles.